The van der Waals surface area contributed by atoms with Gasteiger partial charge in [0, 0.05) is 26.2 Å². The van der Waals surface area contributed by atoms with E-state index in [2.05, 4.69) is 10.6 Å². The van der Waals surface area contributed by atoms with Crippen LogP contribution in [0.5, 0.6) is 0 Å². The molecule has 0 radical (unpaired) electrons. The summed E-state index contributed by atoms with van der Waals surface area (Å²) < 4.78 is 5.22. The predicted octanol–water partition coefficient (Wildman–Crippen LogP) is 0.420. The number of nitrogens with one attached hydrogen (secondary N) is 2. The molecule has 1 rings (SSSR count). The van der Waals surface area contributed by atoms with Gasteiger partial charge in [-0.15, -0.1) is 0 Å². The molecule has 2 amide bonds. The molecule has 1 fully saturated rings. The molecule has 1 unspecified atom stereocenters. The van der Waals surface area contributed by atoms with Crippen LogP contribution in [0.15, 0.2) is 0 Å². The van der Waals surface area contributed by atoms with Gasteiger partial charge in [-0.05, 0) is 31.6 Å². The Balaban J connectivity index is 2.21. The number of hydrogen-bond donors (Lipinski definition) is 4. The number of carbonyl (C=O) groups is 3. The molecule has 0 spiro atoms. The zero-order chi connectivity index (χ0) is 15.7. The Kier molecular flexibility index (Phi) is 7.52. The van der Waals surface area contributed by atoms with Crippen LogP contribution in [-0.4, -0.2) is 54.0 Å². The summed E-state index contributed by atoms with van der Waals surface area (Å²) in [4.78, 5) is 33.0. The number of carboxylic acid groups (broad SMARTS) is 2. The third-order valence-corrected chi connectivity index (χ3v) is 3.35. The summed E-state index contributed by atoms with van der Waals surface area (Å²) >= 11 is 0. The maximum atomic E-state index is 11.6. The first-order chi connectivity index (χ1) is 9.99. The zero-order valence-electron chi connectivity index (χ0n) is 11.8. The SMILES string of the molecule is O=C(O)CCC[C@@H](NC(=O)NCCC1CCOC1)C(=O)O. The van der Waals surface area contributed by atoms with E-state index in [1.807, 2.05) is 0 Å². The first-order valence-corrected chi connectivity index (χ1v) is 7.05. The van der Waals surface area contributed by atoms with Gasteiger partial charge < -0.3 is 25.6 Å². The summed E-state index contributed by atoms with van der Waals surface area (Å²) in [6.07, 6.45) is 1.95. The summed E-state index contributed by atoms with van der Waals surface area (Å²) in [6, 6.07) is -1.61. The number of urea groups is 1. The van der Waals surface area contributed by atoms with Crippen LogP contribution in [0, 0.1) is 5.92 Å². The van der Waals surface area contributed by atoms with Gasteiger partial charge in [-0.2, -0.15) is 0 Å². The highest BCUT2D eigenvalue weighted by Gasteiger charge is 2.20. The average molecular weight is 302 g/mol. The number of aliphatic carboxylic acids is 2. The maximum Gasteiger partial charge on any atom is 0.326 e. The van der Waals surface area contributed by atoms with Crippen molar-refractivity contribution in [3.63, 3.8) is 0 Å². The number of rotatable bonds is 9. The standard InChI is InChI=1S/C13H22N2O6/c16-11(17)3-1-2-10(12(18)19)15-13(20)14-6-4-9-5-7-21-8-9/h9-10H,1-8H2,(H,16,17)(H,18,19)(H2,14,15,20)/t9?,10-/m1/s1. The number of carboxylic acids is 2. The zero-order valence-corrected chi connectivity index (χ0v) is 11.8. The van der Waals surface area contributed by atoms with E-state index in [0.717, 1.165) is 19.4 Å². The van der Waals surface area contributed by atoms with Crippen molar-refractivity contribution in [3.05, 3.63) is 0 Å². The fraction of sp³-hybridized carbons (Fsp3) is 0.769. The number of carbonyl (C=O) groups excluding carboxylic acids is 1. The van der Waals surface area contributed by atoms with Crippen molar-refractivity contribution in [2.75, 3.05) is 19.8 Å². The normalized spacial score (nSPS) is 19.0. The topological polar surface area (TPSA) is 125 Å². The van der Waals surface area contributed by atoms with Crippen molar-refractivity contribution in [2.24, 2.45) is 5.92 Å². The molecular formula is C13H22N2O6. The molecule has 4 N–H and O–H groups in total. The largest absolute Gasteiger partial charge is 0.481 e. The van der Waals surface area contributed by atoms with Gasteiger partial charge in [-0.3, -0.25) is 4.79 Å². The quantitative estimate of drug-likeness (QED) is 0.489. The minimum Gasteiger partial charge on any atom is -0.481 e. The molecule has 0 saturated carbocycles. The van der Waals surface area contributed by atoms with Gasteiger partial charge in [0.15, 0.2) is 0 Å². The molecule has 0 bridgehead atoms. The van der Waals surface area contributed by atoms with Crippen molar-refractivity contribution in [1.29, 1.82) is 0 Å². The lowest BCUT2D eigenvalue weighted by Gasteiger charge is -2.15. The van der Waals surface area contributed by atoms with Gasteiger partial charge in [-0.25, -0.2) is 9.59 Å². The molecule has 21 heavy (non-hydrogen) atoms. The predicted molar refractivity (Wildman–Crippen MR) is 73.0 cm³/mol. The fourth-order valence-corrected chi connectivity index (χ4v) is 2.12. The third kappa shape index (κ3) is 7.50. The summed E-state index contributed by atoms with van der Waals surface area (Å²) in [5.74, 6) is -1.71. The average Bonchev–Trinajstić information content (AvgIpc) is 2.90. The van der Waals surface area contributed by atoms with Crippen molar-refractivity contribution in [3.8, 4) is 0 Å². The molecular weight excluding hydrogens is 280 g/mol. The van der Waals surface area contributed by atoms with Gasteiger partial charge in [0.25, 0.3) is 0 Å². The molecule has 2 atom stereocenters. The van der Waals surface area contributed by atoms with E-state index >= 15 is 0 Å². The minimum atomic E-state index is -1.17. The molecule has 1 saturated heterocycles. The second kappa shape index (κ2) is 9.17. The first-order valence-electron chi connectivity index (χ1n) is 7.05. The molecule has 0 aromatic rings. The monoisotopic (exact) mass is 302 g/mol. The van der Waals surface area contributed by atoms with Crippen molar-refractivity contribution in [2.45, 2.75) is 38.1 Å². The first kappa shape index (κ1) is 17.2. The molecule has 120 valence electrons. The molecule has 1 heterocycles. The Labute approximate surface area is 122 Å². The van der Waals surface area contributed by atoms with Gasteiger partial charge in [-0.1, -0.05) is 0 Å². The molecule has 1 aliphatic heterocycles. The highest BCUT2D eigenvalue weighted by Crippen LogP contribution is 2.15. The van der Waals surface area contributed by atoms with Crippen LogP contribution in [-0.2, 0) is 14.3 Å². The summed E-state index contributed by atoms with van der Waals surface area (Å²) in [6.45, 7) is 1.92. The van der Waals surface area contributed by atoms with Gasteiger partial charge in [0.2, 0.25) is 0 Å². The Hall–Kier alpha value is -1.83. The number of amides is 2. The summed E-state index contributed by atoms with van der Waals surface area (Å²) in [5, 5.41) is 22.4. The number of hydrogen-bond acceptors (Lipinski definition) is 4. The van der Waals surface area contributed by atoms with E-state index in [0.29, 0.717) is 19.1 Å². The van der Waals surface area contributed by atoms with Gasteiger partial charge in [0.05, 0.1) is 0 Å². The lowest BCUT2D eigenvalue weighted by Crippen LogP contribution is -2.46. The molecule has 0 aromatic heterocycles. The molecule has 8 nitrogen and oxygen atoms in total. The second-order valence-electron chi connectivity index (χ2n) is 5.10. The van der Waals surface area contributed by atoms with E-state index in [1.54, 1.807) is 0 Å². The van der Waals surface area contributed by atoms with Crippen LogP contribution >= 0.6 is 0 Å². The van der Waals surface area contributed by atoms with Crippen molar-refractivity contribution in [1.82, 2.24) is 10.6 Å². The Morgan fingerprint density at radius 3 is 2.62 bits per heavy atom. The third-order valence-electron chi connectivity index (χ3n) is 3.35. The summed E-state index contributed by atoms with van der Waals surface area (Å²) in [5.41, 5.74) is 0. The Morgan fingerprint density at radius 2 is 2.05 bits per heavy atom. The van der Waals surface area contributed by atoms with Crippen molar-refractivity contribution < 1.29 is 29.3 Å². The highest BCUT2D eigenvalue weighted by molar-refractivity contribution is 5.82. The molecule has 0 aliphatic carbocycles. The molecule has 8 heteroatoms. The van der Waals surface area contributed by atoms with E-state index in [-0.39, 0.29) is 19.3 Å². The number of ether oxygens (including phenoxy) is 1. The maximum absolute atomic E-state index is 11.6. The van der Waals surface area contributed by atoms with Crippen molar-refractivity contribution >= 4 is 18.0 Å². The summed E-state index contributed by atoms with van der Waals surface area (Å²) in [7, 11) is 0. The van der Waals surface area contributed by atoms with Gasteiger partial charge >= 0.3 is 18.0 Å². The van der Waals surface area contributed by atoms with E-state index < -0.39 is 24.0 Å². The molecule has 0 aromatic carbocycles. The van der Waals surface area contributed by atoms with E-state index in [9.17, 15) is 14.4 Å². The van der Waals surface area contributed by atoms with Crippen LogP contribution in [0.2, 0.25) is 0 Å². The van der Waals surface area contributed by atoms with E-state index in [1.165, 1.54) is 0 Å². The lowest BCUT2D eigenvalue weighted by molar-refractivity contribution is -0.140. The van der Waals surface area contributed by atoms with Crippen LogP contribution in [0.1, 0.15) is 32.1 Å². The second-order valence-corrected chi connectivity index (χ2v) is 5.10. The van der Waals surface area contributed by atoms with Gasteiger partial charge in [0.1, 0.15) is 6.04 Å². The Bertz CT molecular complexity index is 368. The minimum absolute atomic E-state index is 0.0888. The highest BCUT2D eigenvalue weighted by atomic mass is 16.5. The van der Waals surface area contributed by atoms with Crippen LogP contribution in [0.3, 0.4) is 0 Å². The van der Waals surface area contributed by atoms with Crippen LogP contribution in [0.4, 0.5) is 4.79 Å². The van der Waals surface area contributed by atoms with Crippen LogP contribution in [0.25, 0.3) is 0 Å². The van der Waals surface area contributed by atoms with E-state index in [4.69, 9.17) is 14.9 Å². The molecule has 1 aliphatic rings. The fourth-order valence-electron chi connectivity index (χ4n) is 2.12. The smallest absolute Gasteiger partial charge is 0.326 e. The Morgan fingerprint density at radius 1 is 1.29 bits per heavy atom. The van der Waals surface area contributed by atoms with Crippen LogP contribution < -0.4 is 10.6 Å². The lowest BCUT2D eigenvalue weighted by atomic mass is 10.1.